The van der Waals surface area contributed by atoms with Crippen LogP contribution >= 0.6 is 11.6 Å². The number of benzene rings is 1. The molecule has 1 aromatic carbocycles. The molecule has 0 saturated carbocycles. The van der Waals surface area contributed by atoms with Crippen LogP contribution in [0, 0.1) is 0 Å². The first-order chi connectivity index (χ1) is 13.1. The minimum atomic E-state index is -1.11. The van der Waals surface area contributed by atoms with Crippen molar-refractivity contribution in [2.45, 2.75) is 0 Å². The molecule has 0 aliphatic carbocycles. The van der Waals surface area contributed by atoms with Gasteiger partial charge in [-0.25, -0.2) is 19.4 Å². The molecule has 0 fully saturated rings. The van der Waals surface area contributed by atoms with Crippen molar-refractivity contribution < 1.29 is 9.90 Å². The summed E-state index contributed by atoms with van der Waals surface area (Å²) in [5, 5.41) is 13.8. The van der Waals surface area contributed by atoms with Crippen LogP contribution in [0.5, 0.6) is 0 Å². The zero-order valence-corrected chi connectivity index (χ0v) is 14.6. The summed E-state index contributed by atoms with van der Waals surface area (Å²) in [6.45, 7) is 0. The van der Waals surface area contributed by atoms with E-state index in [4.69, 9.17) is 16.7 Å². The first-order valence-electron chi connectivity index (χ1n) is 7.96. The maximum atomic E-state index is 11.1. The molecule has 0 saturated heterocycles. The van der Waals surface area contributed by atoms with E-state index >= 15 is 0 Å². The molecule has 0 radical (unpaired) electrons. The van der Waals surface area contributed by atoms with Crippen molar-refractivity contribution in [1.29, 1.82) is 0 Å². The normalized spacial score (nSPS) is 10.7. The SMILES string of the molecule is O=C(O)c1ccn(-c2cc(-c3ccccn3)nc(-c3ccc(Cl)cc3)n2)n1. The highest BCUT2D eigenvalue weighted by Gasteiger charge is 2.13. The minimum absolute atomic E-state index is 0.0685. The average Bonchev–Trinajstić information content (AvgIpc) is 3.20. The summed E-state index contributed by atoms with van der Waals surface area (Å²) in [4.78, 5) is 24.6. The van der Waals surface area contributed by atoms with E-state index in [1.165, 1.54) is 10.7 Å². The van der Waals surface area contributed by atoms with Gasteiger partial charge in [0.2, 0.25) is 0 Å². The van der Waals surface area contributed by atoms with Crippen LogP contribution in [-0.4, -0.2) is 35.8 Å². The van der Waals surface area contributed by atoms with E-state index in [-0.39, 0.29) is 5.69 Å². The van der Waals surface area contributed by atoms with Crippen molar-refractivity contribution in [3.05, 3.63) is 77.7 Å². The Labute approximate surface area is 158 Å². The number of carboxylic acid groups (broad SMARTS) is 1. The van der Waals surface area contributed by atoms with E-state index in [2.05, 4.69) is 20.1 Å². The minimum Gasteiger partial charge on any atom is -0.476 e. The smallest absolute Gasteiger partial charge is 0.356 e. The lowest BCUT2D eigenvalue weighted by Crippen LogP contribution is -2.05. The predicted octanol–water partition coefficient (Wildman–Crippen LogP) is 3.74. The molecule has 0 amide bonds. The highest BCUT2D eigenvalue weighted by molar-refractivity contribution is 6.30. The first-order valence-corrected chi connectivity index (χ1v) is 8.34. The highest BCUT2D eigenvalue weighted by atomic mass is 35.5. The predicted molar refractivity (Wildman–Crippen MR) is 99.8 cm³/mol. The molecule has 4 rings (SSSR count). The number of nitrogens with zero attached hydrogens (tertiary/aromatic N) is 5. The number of hydrogen-bond acceptors (Lipinski definition) is 5. The maximum Gasteiger partial charge on any atom is 0.356 e. The van der Waals surface area contributed by atoms with Crippen molar-refractivity contribution in [2.24, 2.45) is 0 Å². The van der Waals surface area contributed by atoms with E-state index in [0.29, 0.717) is 28.1 Å². The molecule has 0 unspecified atom stereocenters. The van der Waals surface area contributed by atoms with Gasteiger partial charge in [-0.2, -0.15) is 5.10 Å². The second-order valence-electron chi connectivity index (χ2n) is 5.61. The number of rotatable bonds is 4. The fourth-order valence-electron chi connectivity index (χ4n) is 2.49. The molecule has 0 spiro atoms. The quantitative estimate of drug-likeness (QED) is 0.582. The molecule has 7 nitrogen and oxygen atoms in total. The number of pyridine rings is 1. The van der Waals surface area contributed by atoms with E-state index in [1.54, 1.807) is 30.6 Å². The molecule has 0 aliphatic heterocycles. The van der Waals surface area contributed by atoms with Crippen molar-refractivity contribution in [3.8, 4) is 28.6 Å². The van der Waals surface area contributed by atoms with Gasteiger partial charge in [-0.15, -0.1) is 0 Å². The molecule has 0 bridgehead atoms. The van der Waals surface area contributed by atoms with Gasteiger partial charge in [0.25, 0.3) is 0 Å². The number of aromatic carboxylic acids is 1. The van der Waals surface area contributed by atoms with Crippen LogP contribution in [0.1, 0.15) is 10.5 Å². The second-order valence-corrected chi connectivity index (χ2v) is 6.04. The molecule has 3 aromatic heterocycles. The van der Waals surface area contributed by atoms with Crippen LogP contribution in [0.2, 0.25) is 5.02 Å². The van der Waals surface area contributed by atoms with Crippen molar-refractivity contribution in [1.82, 2.24) is 24.7 Å². The molecule has 8 heteroatoms. The van der Waals surface area contributed by atoms with Gasteiger partial charge < -0.3 is 5.11 Å². The summed E-state index contributed by atoms with van der Waals surface area (Å²) >= 11 is 5.97. The molecule has 132 valence electrons. The van der Waals surface area contributed by atoms with E-state index in [9.17, 15) is 4.79 Å². The third kappa shape index (κ3) is 3.54. The fraction of sp³-hybridized carbons (Fsp3) is 0. The van der Waals surface area contributed by atoms with Crippen LogP contribution in [0.3, 0.4) is 0 Å². The molecule has 1 N–H and O–H groups in total. The zero-order valence-electron chi connectivity index (χ0n) is 13.8. The topological polar surface area (TPSA) is 93.8 Å². The Balaban J connectivity index is 1.88. The fourth-order valence-corrected chi connectivity index (χ4v) is 2.62. The monoisotopic (exact) mass is 377 g/mol. The largest absolute Gasteiger partial charge is 0.476 e. The van der Waals surface area contributed by atoms with Gasteiger partial charge in [0.1, 0.15) is 0 Å². The lowest BCUT2D eigenvalue weighted by Gasteiger charge is -2.08. The Kier molecular flexibility index (Phi) is 4.35. The van der Waals surface area contributed by atoms with Crippen molar-refractivity contribution in [2.75, 3.05) is 0 Å². The molecular formula is C19H12ClN5O2. The summed E-state index contributed by atoms with van der Waals surface area (Å²) in [6, 6.07) is 15.8. The Hall–Kier alpha value is -3.58. The van der Waals surface area contributed by atoms with Crippen LogP contribution in [0.4, 0.5) is 0 Å². The van der Waals surface area contributed by atoms with Gasteiger partial charge in [0, 0.05) is 29.0 Å². The highest BCUT2D eigenvalue weighted by Crippen LogP contribution is 2.23. The summed E-state index contributed by atoms with van der Waals surface area (Å²) in [5.41, 5.74) is 1.96. The molecule has 4 aromatic rings. The third-order valence-corrected chi connectivity index (χ3v) is 4.04. The molecule has 27 heavy (non-hydrogen) atoms. The number of carbonyl (C=O) groups is 1. The lowest BCUT2D eigenvalue weighted by atomic mass is 10.2. The average molecular weight is 378 g/mol. The molecule has 0 atom stereocenters. The summed E-state index contributed by atoms with van der Waals surface area (Å²) in [7, 11) is 0. The van der Waals surface area contributed by atoms with Gasteiger partial charge in [-0.1, -0.05) is 17.7 Å². The van der Waals surface area contributed by atoms with E-state index in [1.807, 2.05) is 30.3 Å². The Bertz CT molecular complexity index is 1110. The van der Waals surface area contributed by atoms with Crippen LogP contribution in [0.25, 0.3) is 28.6 Å². The molecule has 3 heterocycles. The van der Waals surface area contributed by atoms with Gasteiger partial charge >= 0.3 is 5.97 Å². The molecular weight excluding hydrogens is 366 g/mol. The van der Waals surface area contributed by atoms with Crippen LogP contribution < -0.4 is 0 Å². The number of hydrogen-bond donors (Lipinski definition) is 1. The summed E-state index contributed by atoms with van der Waals surface area (Å²) in [6.07, 6.45) is 3.22. The standard InChI is InChI=1S/C19H12ClN5O2/c20-13-6-4-12(5-7-13)18-22-16(14-3-1-2-9-21-14)11-17(23-18)25-10-8-15(24-25)19(26)27/h1-11H,(H,26,27). The second kappa shape index (κ2) is 6.97. The maximum absolute atomic E-state index is 11.1. The lowest BCUT2D eigenvalue weighted by molar-refractivity contribution is 0.0690. The van der Waals surface area contributed by atoms with Crippen molar-refractivity contribution >= 4 is 17.6 Å². The van der Waals surface area contributed by atoms with Crippen molar-refractivity contribution in [3.63, 3.8) is 0 Å². The number of halogens is 1. The number of aromatic nitrogens is 5. The van der Waals surface area contributed by atoms with E-state index < -0.39 is 5.97 Å². The summed E-state index contributed by atoms with van der Waals surface area (Å²) < 4.78 is 1.40. The Morgan fingerprint density at radius 2 is 1.81 bits per heavy atom. The van der Waals surface area contributed by atoms with Gasteiger partial charge in [-0.3, -0.25) is 4.98 Å². The van der Waals surface area contributed by atoms with Gasteiger partial charge in [0.05, 0.1) is 11.4 Å². The van der Waals surface area contributed by atoms with Crippen LogP contribution in [-0.2, 0) is 0 Å². The van der Waals surface area contributed by atoms with Gasteiger partial charge in [-0.05, 0) is 42.5 Å². The number of carboxylic acids is 1. The third-order valence-electron chi connectivity index (χ3n) is 3.79. The Morgan fingerprint density at radius 1 is 1.00 bits per heavy atom. The summed E-state index contributed by atoms with van der Waals surface area (Å²) in [5.74, 6) is -0.217. The van der Waals surface area contributed by atoms with Gasteiger partial charge in [0.15, 0.2) is 17.3 Å². The first kappa shape index (κ1) is 16.9. The van der Waals surface area contributed by atoms with Crippen LogP contribution in [0.15, 0.2) is 67.0 Å². The van der Waals surface area contributed by atoms with E-state index in [0.717, 1.165) is 5.56 Å². The molecule has 0 aliphatic rings. The zero-order chi connectivity index (χ0) is 18.8. The Morgan fingerprint density at radius 3 is 2.48 bits per heavy atom.